The molecular weight excluding hydrogens is 488 g/mol. The first kappa shape index (κ1) is 28.0. The van der Waals surface area contributed by atoms with E-state index in [1.807, 2.05) is 25.1 Å². The summed E-state index contributed by atoms with van der Waals surface area (Å²) in [5.74, 6) is -0.485. The molecule has 0 spiro atoms. The predicted molar refractivity (Wildman–Crippen MR) is 145 cm³/mol. The van der Waals surface area contributed by atoms with E-state index in [0.29, 0.717) is 48.7 Å². The summed E-state index contributed by atoms with van der Waals surface area (Å²) in [7, 11) is 3.27. The molecule has 0 saturated carbocycles. The molecule has 0 fully saturated rings. The number of amides is 2. The number of para-hydroxylation sites is 2. The van der Waals surface area contributed by atoms with Crippen molar-refractivity contribution in [2.75, 3.05) is 31.3 Å². The number of carbonyl (C=O) groups excluding carboxylic acids is 2. The van der Waals surface area contributed by atoms with Crippen molar-refractivity contribution in [1.82, 2.24) is 9.47 Å². The summed E-state index contributed by atoms with van der Waals surface area (Å²) < 4.78 is 6.71. The van der Waals surface area contributed by atoms with Crippen LogP contribution < -0.4 is 20.9 Å². The molecule has 2 heterocycles. The first-order valence-electron chi connectivity index (χ1n) is 12.2. The standard InChI is InChI=1S/C20H23N3O4.C8H9NO2/c1-3-13-10-22(18(24)14-5-4-6-15(9-14)20(26)27)12-16-7-8-17(21-2)19(25)23(16)11-13;1-11-8-5-3-2-4-7(8)9-6-10/h4-9,13,21H,3,10-12H2,1-2H3,(H,26,27);2-6H,1H3,(H,9,10). The van der Waals surface area contributed by atoms with E-state index in [1.54, 1.807) is 54.0 Å². The molecule has 1 aliphatic heterocycles. The molecule has 200 valence electrons. The van der Waals surface area contributed by atoms with Gasteiger partial charge in [-0.1, -0.05) is 25.1 Å². The molecule has 38 heavy (non-hydrogen) atoms. The average molecular weight is 521 g/mol. The molecule has 0 aliphatic carbocycles. The quantitative estimate of drug-likeness (QED) is 0.406. The Kier molecular flexibility index (Phi) is 9.64. The summed E-state index contributed by atoms with van der Waals surface area (Å²) in [4.78, 5) is 48.7. The fraction of sp³-hybridized carbons (Fsp3) is 0.286. The van der Waals surface area contributed by atoms with Gasteiger partial charge in [0.05, 0.1) is 24.9 Å². The molecule has 0 radical (unpaired) electrons. The van der Waals surface area contributed by atoms with E-state index in [2.05, 4.69) is 10.6 Å². The molecular formula is C28H32N4O6. The average Bonchev–Trinajstić information content (AvgIpc) is 3.14. The van der Waals surface area contributed by atoms with Gasteiger partial charge >= 0.3 is 5.97 Å². The second kappa shape index (κ2) is 13.1. The van der Waals surface area contributed by atoms with Crippen molar-refractivity contribution >= 4 is 29.7 Å². The monoisotopic (exact) mass is 520 g/mol. The minimum Gasteiger partial charge on any atom is -0.495 e. The number of aromatic nitrogens is 1. The van der Waals surface area contributed by atoms with Gasteiger partial charge < -0.3 is 29.9 Å². The third-order valence-corrected chi connectivity index (χ3v) is 6.35. The molecule has 1 aliphatic rings. The SMILES string of the molecule is CCC1CN(C(=O)c2cccc(C(=O)O)c2)Cc2ccc(NC)c(=O)n2C1.COc1ccccc1NC=O. The number of carboxylic acids is 1. The number of rotatable bonds is 7. The summed E-state index contributed by atoms with van der Waals surface area (Å²) in [5, 5.41) is 14.6. The van der Waals surface area contributed by atoms with Gasteiger partial charge in [-0.3, -0.25) is 14.4 Å². The largest absolute Gasteiger partial charge is 0.495 e. The zero-order valence-electron chi connectivity index (χ0n) is 21.6. The number of hydrogen-bond acceptors (Lipinski definition) is 6. The number of aromatic carboxylic acids is 1. The van der Waals surface area contributed by atoms with Crippen LogP contribution in [0.5, 0.6) is 5.75 Å². The minimum atomic E-state index is -1.07. The summed E-state index contributed by atoms with van der Waals surface area (Å²) in [6, 6.07) is 16.9. The highest BCUT2D eigenvalue weighted by molar-refractivity contribution is 5.97. The zero-order chi connectivity index (χ0) is 27.7. The number of nitrogens with zero attached hydrogens (tertiary/aromatic N) is 2. The Morgan fingerprint density at radius 1 is 1.05 bits per heavy atom. The van der Waals surface area contributed by atoms with Crippen LogP contribution in [-0.4, -0.2) is 53.6 Å². The third-order valence-electron chi connectivity index (χ3n) is 6.35. The highest BCUT2D eigenvalue weighted by Crippen LogP contribution is 2.22. The number of carboxylic acid groups (broad SMARTS) is 1. The van der Waals surface area contributed by atoms with Crippen LogP contribution in [-0.2, 0) is 17.9 Å². The van der Waals surface area contributed by atoms with Crippen LogP contribution in [0.4, 0.5) is 11.4 Å². The number of hydrogen-bond donors (Lipinski definition) is 3. The highest BCUT2D eigenvalue weighted by Gasteiger charge is 2.26. The Balaban J connectivity index is 0.000000304. The van der Waals surface area contributed by atoms with Gasteiger partial charge in [-0.15, -0.1) is 0 Å². The maximum atomic E-state index is 13.0. The molecule has 0 saturated heterocycles. The van der Waals surface area contributed by atoms with Crippen LogP contribution >= 0.6 is 0 Å². The number of methoxy groups -OCH3 is 1. The van der Waals surface area contributed by atoms with Gasteiger partial charge in [0.2, 0.25) is 6.41 Å². The van der Waals surface area contributed by atoms with Crippen molar-refractivity contribution < 1.29 is 24.2 Å². The van der Waals surface area contributed by atoms with Gasteiger partial charge in [-0.2, -0.15) is 0 Å². The Bertz CT molecular complexity index is 1350. The normalized spacial score (nSPS) is 14.2. The molecule has 1 atom stereocenters. The van der Waals surface area contributed by atoms with Crippen LogP contribution in [0.1, 0.15) is 39.8 Å². The molecule has 4 rings (SSSR count). The van der Waals surface area contributed by atoms with E-state index in [-0.39, 0.29) is 22.9 Å². The van der Waals surface area contributed by atoms with Crippen molar-refractivity contribution in [2.45, 2.75) is 26.4 Å². The topological polar surface area (TPSA) is 130 Å². The van der Waals surface area contributed by atoms with Crippen LogP contribution in [0.2, 0.25) is 0 Å². The molecule has 10 nitrogen and oxygen atoms in total. The van der Waals surface area contributed by atoms with E-state index in [9.17, 15) is 19.2 Å². The van der Waals surface area contributed by atoms with Crippen LogP contribution in [0.25, 0.3) is 0 Å². The lowest BCUT2D eigenvalue weighted by Gasteiger charge is -2.23. The molecule has 10 heteroatoms. The van der Waals surface area contributed by atoms with Crippen LogP contribution in [0.15, 0.2) is 65.5 Å². The number of fused-ring (bicyclic) bond motifs is 1. The van der Waals surface area contributed by atoms with Gasteiger partial charge in [0.1, 0.15) is 11.4 Å². The number of nitrogens with one attached hydrogen (secondary N) is 2. The van der Waals surface area contributed by atoms with Crippen LogP contribution in [0.3, 0.4) is 0 Å². The number of carbonyl (C=O) groups is 3. The molecule has 0 bridgehead atoms. The van der Waals surface area contributed by atoms with Gasteiger partial charge in [0, 0.05) is 31.4 Å². The van der Waals surface area contributed by atoms with Gasteiger partial charge in [0.15, 0.2) is 0 Å². The number of pyridine rings is 1. The van der Waals surface area contributed by atoms with E-state index < -0.39 is 5.97 Å². The summed E-state index contributed by atoms with van der Waals surface area (Å²) in [6.45, 7) is 3.42. The Morgan fingerprint density at radius 3 is 2.45 bits per heavy atom. The fourth-order valence-electron chi connectivity index (χ4n) is 4.24. The summed E-state index contributed by atoms with van der Waals surface area (Å²) in [6.07, 6.45) is 1.45. The van der Waals surface area contributed by atoms with Crippen molar-refractivity contribution in [3.63, 3.8) is 0 Å². The lowest BCUT2D eigenvalue weighted by molar-refractivity contribution is -0.105. The first-order chi connectivity index (χ1) is 18.3. The van der Waals surface area contributed by atoms with Gasteiger partial charge in [-0.25, -0.2) is 4.79 Å². The van der Waals surface area contributed by atoms with E-state index >= 15 is 0 Å². The molecule has 3 aromatic rings. The Morgan fingerprint density at radius 2 is 1.79 bits per heavy atom. The molecule has 2 amide bonds. The molecule has 2 aromatic carbocycles. The van der Waals surface area contributed by atoms with Crippen molar-refractivity contribution in [1.29, 1.82) is 0 Å². The summed E-state index contributed by atoms with van der Waals surface area (Å²) >= 11 is 0. The van der Waals surface area contributed by atoms with E-state index in [1.165, 1.54) is 12.1 Å². The lowest BCUT2D eigenvalue weighted by atomic mass is 10.1. The van der Waals surface area contributed by atoms with Gasteiger partial charge in [0.25, 0.3) is 11.5 Å². The maximum Gasteiger partial charge on any atom is 0.335 e. The number of benzene rings is 2. The Labute approximate surface area is 220 Å². The predicted octanol–water partition coefficient (Wildman–Crippen LogP) is 3.53. The van der Waals surface area contributed by atoms with Gasteiger partial charge in [-0.05, 0) is 54.8 Å². The van der Waals surface area contributed by atoms with Crippen LogP contribution in [0, 0.1) is 5.92 Å². The maximum absolute atomic E-state index is 13.0. The fourth-order valence-corrected chi connectivity index (χ4v) is 4.24. The first-order valence-corrected chi connectivity index (χ1v) is 12.2. The highest BCUT2D eigenvalue weighted by atomic mass is 16.5. The smallest absolute Gasteiger partial charge is 0.335 e. The lowest BCUT2D eigenvalue weighted by Crippen LogP contribution is -2.33. The second-order valence-electron chi connectivity index (χ2n) is 8.71. The second-order valence-corrected chi connectivity index (χ2v) is 8.71. The number of ether oxygens (including phenoxy) is 1. The zero-order valence-corrected chi connectivity index (χ0v) is 21.6. The van der Waals surface area contributed by atoms with Crippen molar-refractivity contribution in [2.24, 2.45) is 5.92 Å². The summed E-state index contributed by atoms with van der Waals surface area (Å²) in [5.41, 5.74) is 2.33. The van der Waals surface area contributed by atoms with Crippen molar-refractivity contribution in [3.8, 4) is 5.75 Å². The molecule has 1 unspecified atom stereocenters. The third kappa shape index (κ3) is 6.58. The van der Waals surface area contributed by atoms with E-state index in [0.717, 1.165) is 12.1 Å². The van der Waals surface area contributed by atoms with E-state index in [4.69, 9.17) is 9.84 Å². The molecule has 3 N–H and O–H groups in total. The number of anilines is 2. The molecule has 1 aromatic heterocycles. The minimum absolute atomic E-state index is 0.0815. The Hall–Kier alpha value is -4.60. The van der Waals surface area contributed by atoms with Crippen molar-refractivity contribution in [3.05, 3.63) is 87.8 Å².